The quantitative estimate of drug-likeness (QED) is 0.522. The molecule has 0 aromatic heterocycles. The zero-order valence-electron chi connectivity index (χ0n) is 5.76. The van der Waals surface area contributed by atoms with E-state index in [9.17, 15) is 0 Å². The van der Waals surface area contributed by atoms with Crippen LogP contribution in [0.2, 0.25) is 0 Å². The highest BCUT2D eigenvalue weighted by Crippen LogP contribution is 1.94. The molecular weight excluding hydrogens is 114 g/mol. The van der Waals surface area contributed by atoms with Crippen LogP contribution >= 0.6 is 0 Å². The van der Waals surface area contributed by atoms with Crippen LogP contribution in [0.15, 0.2) is 12.3 Å². The summed E-state index contributed by atoms with van der Waals surface area (Å²) in [7, 11) is 0. The smallest absolute Gasteiger partial charge is 0.0719 e. The van der Waals surface area contributed by atoms with Gasteiger partial charge in [0.25, 0.3) is 0 Å². The highest BCUT2D eigenvalue weighted by molar-refractivity contribution is 4.81. The molecule has 0 fully saturated rings. The second-order valence-electron chi connectivity index (χ2n) is 2.28. The predicted octanol–water partition coefficient (Wildman–Crippen LogP) is 0.899. The highest BCUT2D eigenvalue weighted by atomic mass is 16.5. The van der Waals surface area contributed by atoms with Gasteiger partial charge in [-0.05, 0) is 19.5 Å². The molecule has 0 spiro atoms. The molecule has 0 saturated carbocycles. The lowest BCUT2D eigenvalue weighted by Crippen LogP contribution is -2.24. The zero-order valence-corrected chi connectivity index (χ0v) is 5.76. The molecule has 1 heterocycles. The van der Waals surface area contributed by atoms with Crippen LogP contribution in [0, 0.1) is 0 Å². The van der Waals surface area contributed by atoms with Crippen molar-refractivity contribution in [2.75, 3.05) is 13.2 Å². The van der Waals surface area contributed by atoms with Crippen molar-refractivity contribution in [2.45, 2.75) is 19.4 Å². The molecule has 2 nitrogen and oxygen atoms in total. The molecule has 1 aliphatic heterocycles. The van der Waals surface area contributed by atoms with Gasteiger partial charge in [-0.15, -0.1) is 0 Å². The van der Waals surface area contributed by atoms with Crippen LogP contribution in [0.5, 0.6) is 0 Å². The molecule has 52 valence electrons. The van der Waals surface area contributed by atoms with Crippen LogP contribution in [-0.4, -0.2) is 19.3 Å². The average Bonchev–Trinajstić information content (AvgIpc) is 1.79. The first-order chi connectivity index (χ1) is 4.39. The summed E-state index contributed by atoms with van der Waals surface area (Å²) < 4.78 is 5.37. The van der Waals surface area contributed by atoms with Crippen molar-refractivity contribution in [1.29, 1.82) is 0 Å². The van der Waals surface area contributed by atoms with Crippen molar-refractivity contribution in [1.82, 2.24) is 5.32 Å². The molecule has 9 heavy (non-hydrogen) atoms. The van der Waals surface area contributed by atoms with Crippen LogP contribution in [0.25, 0.3) is 0 Å². The van der Waals surface area contributed by atoms with Gasteiger partial charge in [-0.2, -0.15) is 0 Å². The monoisotopic (exact) mass is 127 g/mol. The van der Waals surface area contributed by atoms with Gasteiger partial charge in [-0.3, -0.25) is 0 Å². The molecule has 0 bridgehead atoms. The first kappa shape index (κ1) is 6.62. The summed E-state index contributed by atoms with van der Waals surface area (Å²) in [5, 5.41) is 3.13. The Morgan fingerprint density at radius 2 is 2.56 bits per heavy atom. The first-order valence-corrected chi connectivity index (χ1v) is 3.39. The molecule has 0 radical (unpaired) electrons. The molecule has 0 aromatic rings. The number of nitrogens with one attached hydrogen (secondary N) is 1. The summed E-state index contributed by atoms with van der Waals surface area (Å²) in [6, 6.07) is 0. The minimum absolute atomic E-state index is 0.356. The standard InChI is InChI=1S/C7H13NO/c1-7-6-8-4-2-3-5-9-7/h2,4,7-8H,3,5-6H2,1H3/b4-2-. The highest BCUT2D eigenvalue weighted by Gasteiger charge is 1.99. The average molecular weight is 127 g/mol. The maximum atomic E-state index is 5.37. The third-order valence-corrected chi connectivity index (χ3v) is 1.33. The van der Waals surface area contributed by atoms with Gasteiger partial charge in [0.2, 0.25) is 0 Å². The SMILES string of the molecule is CC1CN/C=C\CCO1. The number of hydrogen-bond acceptors (Lipinski definition) is 2. The maximum Gasteiger partial charge on any atom is 0.0719 e. The van der Waals surface area contributed by atoms with Crippen molar-refractivity contribution >= 4 is 0 Å². The van der Waals surface area contributed by atoms with E-state index in [1.807, 2.05) is 6.20 Å². The van der Waals surface area contributed by atoms with Gasteiger partial charge in [0.1, 0.15) is 0 Å². The minimum Gasteiger partial charge on any atom is -0.389 e. The molecule has 1 aliphatic rings. The lowest BCUT2D eigenvalue weighted by molar-refractivity contribution is 0.0693. The van der Waals surface area contributed by atoms with E-state index in [4.69, 9.17) is 4.74 Å². The van der Waals surface area contributed by atoms with Gasteiger partial charge in [0.15, 0.2) is 0 Å². The van der Waals surface area contributed by atoms with E-state index in [-0.39, 0.29) is 0 Å². The number of ether oxygens (including phenoxy) is 1. The predicted molar refractivity (Wildman–Crippen MR) is 37.2 cm³/mol. The Balaban J connectivity index is 2.27. The van der Waals surface area contributed by atoms with E-state index in [2.05, 4.69) is 18.3 Å². The van der Waals surface area contributed by atoms with Crippen molar-refractivity contribution in [3.63, 3.8) is 0 Å². The van der Waals surface area contributed by atoms with Gasteiger partial charge in [-0.1, -0.05) is 6.08 Å². The second-order valence-corrected chi connectivity index (χ2v) is 2.28. The number of hydrogen-bond donors (Lipinski definition) is 1. The van der Waals surface area contributed by atoms with Gasteiger partial charge in [0.05, 0.1) is 12.7 Å². The fourth-order valence-corrected chi connectivity index (χ4v) is 0.797. The Bertz CT molecular complexity index is 101. The van der Waals surface area contributed by atoms with Gasteiger partial charge in [-0.25, -0.2) is 0 Å². The van der Waals surface area contributed by atoms with Crippen molar-refractivity contribution in [2.24, 2.45) is 0 Å². The summed E-state index contributed by atoms with van der Waals surface area (Å²) >= 11 is 0. The van der Waals surface area contributed by atoms with E-state index in [1.165, 1.54) is 0 Å². The van der Waals surface area contributed by atoms with Gasteiger partial charge < -0.3 is 10.1 Å². The van der Waals surface area contributed by atoms with E-state index < -0.39 is 0 Å². The largest absolute Gasteiger partial charge is 0.389 e. The normalized spacial score (nSPS) is 31.9. The van der Waals surface area contributed by atoms with Crippen molar-refractivity contribution < 1.29 is 4.74 Å². The summed E-state index contributed by atoms with van der Waals surface area (Å²) in [5.74, 6) is 0. The molecule has 1 atom stereocenters. The fourth-order valence-electron chi connectivity index (χ4n) is 0.797. The van der Waals surface area contributed by atoms with Gasteiger partial charge >= 0.3 is 0 Å². The third kappa shape index (κ3) is 2.51. The van der Waals surface area contributed by atoms with Crippen molar-refractivity contribution in [3.8, 4) is 0 Å². The van der Waals surface area contributed by atoms with Crippen molar-refractivity contribution in [3.05, 3.63) is 12.3 Å². The number of rotatable bonds is 0. The van der Waals surface area contributed by atoms with Crippen LogP contribution in [0.3, 0.4) is 0 Å². The summed E-state index contributed by atoms with van der Waals surface area (Å²) in [6.07, 6.45) is 5.47. The minimum atomic E-state index is 0.356. The lowest BCUT2D eigenvalue weighted by atomic mass is 10.3. The van der Waals surface area contributed by atoms with E-state index >= 15 is 0 Å². The summed E-state index contributed by atoms with van der Waals surface area (Å²) in [6.45, 7) is 3.86. The van der Waals surface area contributed by atoms with Crippen LogP contribution in [-0.2, 0) is 4.74 Å². The summed E-state index contributed by atoms with van der Waals surface area (Å²) in [5.41, 5.74) is 0. The van der Waals surface area contributed by atoms with Crippen LogP contribution in [0.4, 0.5) is 0 Å². The van der Waals surface area contributed by atoms with Crippen LogP contribution in [0.1, 0.15) is 13.3 Å². The third-order valence-electron chi connectivity index (χ3n) is 1.33. The molecule has 0 aromatic carbocycles. The lowest BCUT2D eigenvalue weighted by Gasteiger charge is -2.14. The fraction of sp³-hybridized carbons (Fsp3) is 0.714. The molecule has 0 saturated heterocycles. The molecule has 1 N–H and O–H groups in total. The zero-order chi connectivity index (χ0) is 6.53. The first-order valence-electron chi connectivity index (χ1n) is 3.39. The second kappa shape index (κ2) is 3.51. The van der Waals surface area contributed by atoms with E-state index in [1.54, 1.807) is 0 Å². The molecule has 0 aliphatic carbocycles. The molecule has 1 unspecified atom stereocenters. The Morgan fingerprint density at radius 1 is 1.67 bits per heavy atom. The van der Waals surface area contributed by atoms with E-state index in [0.717, 1.165) is 19.6 Å². The van der Waals surface area contributed by atoms with E-state index in [0.29, 0.717) is 6.10 Å². The summed E-state index contributed by atoms with van der Waals surface area (Å²) in [4.78, 5) is 0. The molecular formula is C7H13NO. The Morgan fingerprint density at radius 3 is 3.44 bits per heavy atom. The Labute approximate surface area is 55.9 Å². The molecule has 0 amide bonds. The molecule has 1 rings (SSSR count). The molecule has 2 heteroatoms. The van der Waals surface area contributed by atoms with Crippen LogP contribution < -0.4 is 5.32 Å². The maximum absolute atomic E-state index is 5.37. The topological polar surface area (TPSA) is 21.3 Å². The Kier molecular flexibility index (Phi) is 2.58. The van der Waals surface area contributed by atoms with Gasteiger partial charge in [0, 0.05) is 6.54 Å². The Hall–Kier alpha value is -0.500.